The van der Waals surface area contributed by atoms with Gasteiger partial charge >= 0.3 is 5.97 Å². The number of carboxylic acid groups (broad SMARTS) is 1. The van der Waals surface area contributed by atoms with Gasteiger partial charge in [-0.3, -0.25) is 0 Å². The third-order valence-electron chi connectivity index (χ3n) is 4.13. The van der Waals surface area contributed by atoms with Gasteiger partial charge in [0, 0.05) is 22.1 Å². The maximum absolute atomic E-state index is 11.7. The highest BCUT2D eigenvalue weighted by molar-refractivity contribution is 6.31. The molecule has 4 heteroatoms. The third-order valence-corrected chi connectivity index (χ3v) is 4.37. The highest BCUT2D eigenvalue weighted by Crippen LogP contribution is 2.26. The van der Waals surface area contributed by atoms with Crippen LogP contribution in [0.2, 0.25) is 5.02 Å². The van der Waals surface area contributed by atoms with Crippen molar-refractivity contribution in [2.24, 2.45) is 0 Å². The fraction of sp³-hybridized carbons (Fsp3) is 0.211. The summed E-state index contributed by atoms with van der Waals surface area (Å²) in [6.45, 7) is 2.04. The lowest BCUT2D eigenvalue weighted by molar-refractivity contribution is -0.141. The quantitative estimate of drug-likeness (QED) is 0.727. The molecule has 118 valence electrons. The third kappa shape index (κ3) is 3.40. The molecule has 1 heterocycles. The van der Waals surface area contributed by atoms with Crippen LogP contribution in [0.15, 0.2) is 54.7 Å². The fourth-order valence-corrected chi connectivity index (χ4v) is 3.03. The smallest absolute Gasteiger partial charge is 0.326 e. The Bertz CT molecular complexity index is 836. The number of aliphatic carboxylic acids is 1. The number of carboxylic acids is 1. The molecule has 3 rings (SSSR count). The molecule has 0 radical (unpaired) electrons. The van der Waals surface area contributed by atoms with Crippen molar-refractivity contribution < 1.29 is 9.90 Å². The molecular weight excluding hydrogens is 310 g/mol. The summed E-state index contributed by atoms with van der Waals surface area (Å²) < 4.78 is 1.82. The van der Waals surface area contributed by atoms with Crippen LogP contribution in [0.1, 0.15) is 23.6 Å². The van der Waals surface area contributed by atoms with Crippen LogP contribution in [0, 0.1) is 6.92 Å². The number of nitrogens with zero attached hydrogens (tertiary/aromatic N) is 1. The predicted molar refractivity (Wildman–Crippen MR) is 93.1 cm³/mol. The zero-order valence-corrected chi connectivity index (χ0v) is 13.6. The van der Waals surface area contributed by atoms with Crippen molar-refractivity contribution in [2.45, 2.75) is 25.8 Å². The Morgan fingerprint density at radius 1 is 1.17 bits per heavy atom. The Kier molecular flexibility index (Phi) is 4.39. The van der Waals surface area contributed by atoms with Crippen molar-refractivity contribution in [1.29, 1.82) is 0 Å². The highest BCUT2D eigenvalue weighted by Gasteiger charge is 2.20. The summed E-state index contributed by atoms with van der Waals surface area (Å²) in [5.41, 5.74) is 3.25. The summed E-state index contributed by atoms with van der Waals surface area (Å²) in [7, 11) is 0. The molecule has 0 bridgehead atoms. The van der Waals surface area contributed by atoms with Crippen LogP contribution in [0.25, 0.3) is 10.9 Å². The Hall–Kier alpha value is -2.26. The molecule has 0 aliphatic carbocycles. The molecule has 2 aromatic carbocycles. The maximum atomic E-state index is 11.7. The first kappa shape index (κ1) is 15.6. The fourth-order valence-electron chi connectivity index (χ4n) is 2.85. The van der Waals surface area contributed by atoms with Gasteiger partial charge < -0.3 is 9.67 Å². The van der Waals surface area contributed by atoms with E-state index in [4.69, 9.17) is 11.6 Å². The number of carbonyl (C=O) groups is 1. The molecule has 0 aliphatic heterocycles. The lowest BCUT2D eigenvalue weighted by Gasteiger charge is -2.16. The molecule has 3 nitrogen and oxygen atoms in total. The molecule has 3 aromatic rings. The lowest BCUT2D eigenvalue weighted by atomic mass is 10.0. The van der Waals surface area contributed by atoms with Gasteiger partial charge in [-0.15, -0.1) is 0 Å². The zero-order chi connectivity index (χ0) is 16.4. The molecule has 0 amide bonds. The van der Waals surface area contributed by atoms with E-state index in [0.717, 1.165) is 22.9 Å². The summed E-state index contributed by atoms with van der Waals surface area (Å²) in [6, 6.07) is 15.1. The number of hydrogen-bond donors (Lipinski definition) is 1. The number of halogens is 1. The SMILES string of the molecule is Cc1ccc(CCC(C(=O)O)n2ccc3cc(Cl)ccc32)cc1. The second-order valence-corrected chi connectivity index (χ2v) is 6.24. The van der Waals surface area contributed by atoms with Crippen LogP contribution < -0.4 is 0 Å². The van der Waals surface area contributed by atoms with E-state index in [1.165, 1.54) is 5.56 Å². The van der Waals surface area contributed by atoms with Crippen LogP contribution in [0.5, 0.6) is 0 Å². The largest absolute Gasteiger partial charge is 0.480 e. The lowest BCUT2D eigenvalue weighted by Crippen LogP contribution is -2.19. The molecule has 1 aromatic heterocycles. The number of rotatable bonds is 5. The molecule has 0 spiro atoms. The van der Waals surface area contributed by atoms with Crippen molar-refractivity contribution in [2.75, 3.05) is 0 Å². The predicted octanol–water partition coefficient (Wildman–Crippen LogP) is 4.86. The maximum Gasteiger partial charge on any atom is 0.326 e. The number of hydrogen-bond acceptors (Lipinski definition) is 1. The van der Waals surface area contributed by atoms with E-state index >= 15 is 0 Å². The summed E-state index contributed by atoms with van der Waals surface area (Å²) >= 11 is 6.00. The Balaban J connectivity index is 1.85. The van der Waals surface area contributed by atoms with Crippen LogP contribution in [-0.4, -0.2) is 15.6 Å². The van der Waals surface area contributed by atoms with Crippen molar-refractivity contribution in [1.82, 2.24) is 4.57 Å². The molecule has 1 unspecified atom stereocenters. The first-order valence-corrected chi connectivity index (χ1v) is 7.97. The van der Waals surface area contributed by atoms with Crippen molar-refractivity contribution in [3.05, 3.63) is 70.9 Å². The van der Waals surface area contributed by atoms with Gasteiger partial charge in [0.1, 0.15) is 6.04 Å². The molecule has 0 saturated carbocycles. The van der Waals surface area contributed by atoms with Crippen molar-refractivity contribution in [3.63, 3.8) is 0 Å². The van der Waals surface area contributed by atoms with Crippen LogP contribution >= 0.6 is 11.6 Å². The Morgan fingerprint density at radius 3 is 2.61 bits per heavy atom. The van der Waals surface area contributed by atoms with Gasteiger partial charge in [-0.25, -0.2) is 4.79 Å². The number of aromatic nitrogens is 1. The second kappa shape index (κ2) is 6.47. The normalized spacial score (nSPS) is 12.4. The highest BCUT2D eigenvalue weighted by atomic mass is 35.5. The summed E-state index contributed by atoms with van der Waals surface area (Å²) in [5.74, 6) is -0.815. The van der Waals surface area contributed by atoms with Gasteiger partial charge in [-0.2, -0.15) is 0 Å². The van der Waals surface area contributed by atoms with Gasteiger partial charge in [0.2, 0.25) is 0 Å². The van der Waals surface area contributed by atoms with E-state index in [1.807, 2.05) is 35.9 Å². The van der Waals surface area contributed by atoms with Crippen LogP contribution in [0.3, 0.4) is 0 Å². The monoisotopic (exact) mass is 327 g/mol. The minimum absolute atomic E-state index is 0.546. The second-order valence-electron chi connectivity index (χ2n) is 5.80. The molecule has 0 aliphatic rings. The van der Waals surface area contributed by atoms with Gasteiger partial charge in [0.15, 0.2) is 0 Å². The van der Waals surface area contributed by atoms with E-state index in [-0.39, 0.29) is 0 Å². The zero-order valence-electron chi connectivity index (χ0n) is 12.9. The molecular formula is C19H18ClNO2. The van der Waals surface area contributed by atoms with Gasteiger partial charge in [-0.1, -0.05) is 41.4 Å². The molecule has 0 saturated heterocycles. The summed E-state index contributed by atoms with van der Waals surface area (Å²) in [4.78, 5) is 11.7. The van der Waals surface area contributed by atoms with E-state index in [1.54, 1.807) is 6.07 Å². The van der Waals surface area contributed by atoms with E-state index in [9.17, 15) is 9.90 Å². The van der Waals surface area contributed by atoms with E-state index in [0.29, 0.717) is 11.4 Å². The average molecular weight is 328 g/mol. The van der Waals surface area contributed by atoms with E-state index in [2.05, 4.69) is 24.3 Å². The van der Waals surface area contributed by atoms with E-state index < -0.39 is 12.0 Å². The first-order chi connectivity index (χ1) is 11.0. The molecule has 0 fully saturated rings. The summed E-state index contributed by atoms with van der Waals surface area (Å²) in [6.07, 6.45) is 3.10. The van der Waals surface area contributed by atoms with Crippen molar-refractivity contribution in [3.8, 4) is 0 Å². The van der Waals surface area contributed by atoms with Crippen molar-refractivity contribution >= 4 is 28.5 Å². The Labute approximate surface area is 140 Å². The minimum atomic E-state index is -0.815. The standard InChI is InChI=1S/C19H18ClNO2/c1-13-2-4-14(5-3-13)6-8-18(19(22)23)21-11-10-15-12-16(20)7-9-17(15)21/h2-5,7,9-12,18H,6,8H2,1H3,(H,22,23). The van der Waals surface area contributed by atoms with Gasteiger partial charge in [0.25, 0.3) is 0 Å². The first-order valence-electron chi connectivity index (χ1n) is 7.59. The van der Waals surface area contributed by atoms with Crippen LogP contribution in [-0.2, 0) is 11.2 Å². The van der Waals surface area contributed by atoms with Gasteiger partial charge in [0.05, 0.1) is 0 Å². The van der Waals surface area contributed by atoms with Crippen LogP contribution in [0.4, 0.5) is 0 Å². The topological polar surface area (TPSA) is 42.2 Å². The summed E-state index contributed by atoms with van der Waals surface area (Å²) in [5, 5.41) is 11.2. The Morgan fingerprint density at radius 2 is 1.91 bits per heavy atom. The molecule has 1 atom stereocenters. The average Bonchev–Trinajstić information content (AvgIpc) is 2.92. The molecule has 23 heavy (non-hydrogen) atoms. The van der Waals surface area contributed by atoms with Gasteiger partial charge in [-0.05, 0) is 49.6 Å². The molecule has 1 N–H and O–H groups in total. The number of aryl methyl sites for hydroxylation is 2. The minimum Gasteiger partial charge on any atom is -0.480 e. The number of benzene rings is 2. The number of fused-ring (bicyclic) bond motifs is 1.